The monoisotopic (exact) mass is 460 g/mol. The Balaban J connectivity index is 1.10. The van der Waals surface area contributed by atoms with Gasteiger partial charge in [-0.25, -0.2) is 0 Å². The summed E-state index contributed by atoms with van der Waals surface area (Å²) in [5.74, 6) is 3.60. The highest BCUT2D eigenvalue weighted by atomic mass is 32.3. The van der Waals surface area contributed by atoms with Crippen molar-refractivity contribution in [1.29, 1.82) is 0 Å². The second kappa shape index (κ2) is 8.24. The molecule has 3 unspecified atom stereocenters. The fraction of sp³-hybridized carbons (Fsp3) is 0.591. The molecule has 172 valence electrons. The number of fused-ring (bicyclic) bond motifs is 1. The summed E-state index contributed by atoms with van der Waals surface area (Å²) in [5.41, 5.74) is 2.01. The van der Waals surface area contributed by atoms with Crippen molar-refractivity contribution in [2.45, 2.75) is 26.2 Å². The molecule has 2 aliphatic heterocycles. The molecule has 2 aromatic heterocycles. The molecule has 1 N–H and O–H groups in total. The third kappa shape index (κ3) is 4.31. The zero-order valence-electron chi connectivity index (χ0n) is 18.7. The zero-order chi connectivity index (χ0) is 22.5. The molecular weight excluding hydrogens is 430 g/mol. The molecule has 2 fully saturated rings. The van der Waals surface area contributed by atoms with E-state index in [1.54, 1.807) is 10.5 Å². The first kappa shape index (κ1) is 21.5. The highest BCUT2D eigenvalue weighted by molar-refractivity contribution is 7.94. The van der Waals surface area contributed by atoms with Crippen LogP contribution in [0.15, 0.2) is 28.9 Å². The standard InChI is InChI=1S/C22H29N5O4S/c1-14(2)21-24-22(31-25-21)26-11-17-18(12-26)19(17)13-30-16-4-5-20(23-10-16)15-6-8-27(9-7-15)32(3,28)29/h4-6,10,14,17-19H,7-9,11-13H2,1-3H3/p+1/t17-,18?,19?/m1/s1. The number of piperidine rings is 1. The van der Waals surface area contributed by atoms with Gasteiger partial charge in [0.25, 0.3) is 10.4 Å². The molecule has 3 aliphatic rings. The van der Waals surface area contributed by atoms with E-state index in [4.69, 9.17) is 9.26 Å². The largest absolute Gasteiger partial charge is 0.492 e. The first-order valence-corrected chi connectivity index (χ1v) is 13.0. The van der Waals surface area contributed by atoms with Crippen LogP contribution in [0.3, 0.4) is 0 Å². The van der Waals surface area contributed by atoms with Crippen LogP contribution in [0.5, 0.6) is 5.75 Å². The zero-order valence-corrected chi connectivity index (χ0v) is 19.5. The van der Waals surface area contributed by atoms with Crippen LogP contribution in [0.1, 0.15) is 37.7 Å². The van der Waals surface area contributed by atoms with Gasteiger partial charge in [-0.1, -0.05) is 29.4 Å². The predicted octanol–water partition coefficient (Wildman–Crippen LogP) is 2.96. The first-order valence-electron chi connectivity index (χ1n) is 11.1. The van der Waals surface area contributed by atoms with Crippen LogP contribution in [0, 0.1) is 17.8 Å². The number of hydrogen-bond donors (Lipinski definition) is 1. The maximum absolute atomic E-state index is 11.8. The lowest BCUT2D eigenvalue weighted by Crippen LogP contribution is -2.37. The Bertz CT molecular complexity index is 1030. The summed E-state index contributed by atoms with van der Waals surface area (Å²) >= 11 is 0. The Morgan fingerprint density at radius 3 is 2.66 bits per heavy atom. The van der Waals surface area contributed by atoms with Crippen molar-refractivity contribution in [2.75, 3.05) is 43.9 Å². The summed E-state index contributed by atoms with van der Waals surface area (Å²) in [6.07, 6.45) is 5.82. The minimum Gasteiger partial charge on any atom is -0.492 e. The van der Waals surface area contributed by atoms with E-state index in [-0.39, 0.29) is 5.92 Å². The van der Waals surface area contributed by atoms with Crippen molar-refractivity contribution in [2.24, 2.45) is 17.8 Å². The summed E-state index contributed by atoms with van der Waals surface area (Å²) < 4.78 is 34.5. The Morgan fingerprint density at radius 2 is 2.09 bits per heavy atom. The Labute approximate surface area is 189 Å². The van der Waals surface area contributed by atoms with E-state index in [0.717, 1.165) is 35.9 Å². The molecule has 1 saturated heterocycles. The third-order valence-electron chi connectivity index (χ3n) is 6.75. The van der Waals surface area contributed by atoms with Crippen molar-refractivity contribution < 1.29 is 18.0 Å². The summed E-state index contributed by atoms with van der Waals surface area (Å²) in [5, 5.41) is 4.06. The van der Waals surface area contributed by atoms with E-state index >= 15 is 0 Å². The van der Waals surface area contributed by atoms with E-state index in [1.807, 2.05) is 18.2 Å². The topological polar surface area (TPSA) is 105 Å². The van der Waals surface area contributed by atoms with Crippen LogP contribution < -0.4 is 9.64 Å². The second-order valence-corrected chi connectivity index (χ2v) is 11.3. The van der Waals surface area contributed by atoms with Gasteiger partial charge >= 0.3 is 6.01 Å². The van der Waals surface area contributed by atoms with Crippen LogP contribution in [-0.2, 0) is 14.6 Å². The van der Waals surface area contributed by atoms with Gasteiger partial charge in [0.15, 0.2) is 12.1 Å². The Morgan fingerprint density at radius 1 is 1.31 bits per heavy atom. The van der Waals surface area contributed by atoms with E-state index in [9.17, 15) is 8.76 Å². The number of hydrogen-bond acceptors (Lipinski definition) is 7. The van der Waals surface area contributed by atoms with Gasteiger partial charge in [-0.15, -0.1) is 0 Å². The summed E-state index contributed by atoms with van der Waals surface area (Å²) in [6.45, 7) is 7.73. The minimum absolute atomic E-state index is 0.269. The molecule has 1 saturated carbocycles. The summed E-state index contributed by atoms with van der Waals surface area (Å²) in [7, 11) is -2.89. The molecule has 9 nitrogen and oxygen atoms in total. The fourth-order valence-corrected chi connectivity index (χ4v) is 5.46. The second-order valence-electron chi connectivity index (χ2n) is 9.31. The minimum atomic E-state index is -2.89. The molecule has 0 amide bonds. The van der Waals surface area contributed by atoms with Gasteiger partial charge in [0.05, 0.1) is 31.6 Å². The van der Waals surface area contributed by atoms with Crippen LogP contribution >= 0.6 is 0 Å². The average molecular weight is 461 g/mol. The number of nitrogens with zero attached hydrogens (tertiary/aromatic N) is 5. The fourth-order valence-electron chi connectivity index (χ4n) is 4.68. The van der Waals surface area contributed by atoms with Gasteiger partial charge in [0, 0.05) is 24.9 Å². The average Bonchev–Trinajstić information content (AvgIpc) is 3.16. The maximum Gasteiger partial charge on any atom is 0.324 e. The van der Waals surface area contributed by atoms with E-state index < -0.39 is 10.4 Å². The SMILES string of the molecule is CC(C)c1noc(N2CC3C(COc4ccc(C5=CCN([S+](C)(=O)O)CC5)nc4)[C@@H]3C2)n1. The summed E-state index contributed by atoms with van der Waals surface area (Å²) in [4.78, 5) is 11.2. The van der Waals surface area contributed by atoms with Crippen LogP contribution in [0.4, 0.5) is 6.01 Å². The lowest BCUT2D eigenvalue weighted by Gasteiger charge is -2.22. The number of aromatic nitrogens is 3. The molecule has 2 aromatic rings. The molecule has 5 rings (SSSR count). The van der Waals surface area contributed by atoms with Gasteiger partial charge in [-0.05, 0) is 40.2 Å². The normalized spacial score (nSPS) is 27.2. The van der Waals surface area contributed by atoms with E-state index in [0.29, 0.717) is 49.9 Å². The number of pyridine rings is 1. The van der Waals surface area contributed by atoms with Gasteiger partial charge in [0.2, 0.25) is 0 Å². The van der Waals surface area contributed by atoms with Crippen molar-refractivity contribution in [1.82, 2.24) is 19.4 Å². The lowest BCUT2D eigenvalue weighted by molar-refractivity contribution is 0.280. The molecule has 4 heterocycles. The Kier molecular flexibility index (Phi) is 5.55. The summed E-state index contributed by atoms with van der Waals surface area (Å²) in [6, 6.07) is 4.57. The molecule has 0 bridgehead atoms. The highest BCUT2D eigenvalue weighted by Gasteiger charge is 2.56. The predicted molar refractivity (Wildman–Crippen MR) is 122 cm³/mol. The first-order chi connectivity index (χ1) is 15.3. The number of rotatable bonds is 7. The van der Waals surface area contributed by atoms with E-state index in [2.05, 4.69) is 33.9 Å². The quantitative estimate of drug-likeness (QED) is 0.629. The molecule has 4 atom stereocenters. The van der Waals surface area contributed by atoms with Crippen LogP contribution in [-0.4, -0.2) is 63.0 Å². The Hall–Kier alpha value is -2.30. The molecular formula is C22H30N5O4S+. The molecule has 10 heteroatoms. The van der Waals surface area contributed by atoms with Crippen LogP contribution in [0.25, 0.3) is 5.57 Å². The molecule has 0 aromatic carbocycles. The van der Waals surface area contributed by atoms with Crippen molar-refractivity contribution in [3.05, 3.63) is 35.9 Å². The third-order valence-corrected chi connectivity index (χ3v) is 8.04. The maximum atomic E-state index is 11.8. The van der Waals surface area contributed by atoms with Gasteiger partial charge in [-0.3, -0.25) is 4.98 Å². The molecule has 32 heavy (non-hydrogen) atoms. The van der Waals surface area contributed by atoms with Crippen molar-refractivity contribution in [3.8, 4) is 5.75 Å². The van der Waals surface area contributed by atoms with Crippen molar-refractivity contribution in [3.63, 3.8) is 0 Å². The van der Waals surface area contributed by atoms with Gasteiger partial charge in [0.1, 0.15) is 5.75 Å². The van der Waals surface area contributed by atoms with Gasteiger partial charge in [-0.2, -0.15) is 9.54 Å². The van der Waals surface area contributed by atoms with Crippen molar-refractivity contribution >= 4 is 22.0 Å². The molecule has 0 radical (unpaired) electrons. The molecule has 1 aliphatic carbocycles. The smallest absolute Gasteiger partial charge is 0.324 e. The number of ether oxygens (including phenoxy) is 1. The lowest BCUT2D eigenvalue weighted by atomic mass is 10.1. The number of anilines is 1. The highest BCUT2D eigenvalue weighted by Crippen LogP contribution is 2.52. The van der Waals surface area contributed by atoms with E-state index in [1.165, 1.54) is 6.26 Å². The van der Waals surface area contributed by atoms with Gasteiger partial charge < -0.3 is 14.2 Å². The van der Waals surface area contributed by atoms with Crippen LogP contribution in [0.2, 0.25) is 0 Å². The molecule has 0 spiro atoms.